The zero-order valence-corrected chi connectivity index (χ0v) is 13.0. The maximum atomic E-state index is 13.0. The van der Waals surface area contributed by atoms with Crippen molar-refractivity contribution in [2.75, 3.05) is 26.2 Å². The first-order valence-corrected chi connectivity index (χ1v) is 7.67. The first kappa shape index (κ1) is 17.4. The van der Waals surface area contributed by atoms with Gasteiger partial charge in [0.25, 0.3) is 11.8 Å². The molecule has 0 bridgehead atoms. The monoisotopic (exact) mass is 356 g/mol. The second-order valence-corrected chi connectivity index (χ2v) is 6.16. The Balaban J connectivity index is 1.66. The quantitative estimate of drug-likeness (QED) is 0.827. The lowest BCUT2D eigenvalue weighted by molar-refractivity contribution is -0.188. The predicted octanol–water partition coefficient (Wildman–Crippen LogP) is 1.48. The van der Waals surface area contributed by atoms with E-state index in [4.69, 9.17) is 5.11 Å². The van der Waals surface area contributed by atoms with Crippen LogP contribution in [-0.2, 0) is 4.79 Å². The molecule has 1 aromatic carbocycles. The molecule has 2 atom stereocenters. The van der Waals surface area contributed by atoms with Crippen LogP contribution in [0.3, 0.4) is 0 Å². The third kappa shape index (κ3) is 3.11. The number of nitrogens with zero attached hydrogens (tertiary/aromatic N) is 2. The topological polar surface area (TPSA) is 77.9 Å². The largest absolute Gasteiger partial charge is 0.481 e. The molecule has 25 heavy (non-hydrogen) atoms. The number of imide groups is 1. The lowest BCUT2D eigenvalue weighted by atomic mass is 9.96. The van der Waals surface area contributed by atoms with Gasteiger partial charge >= 0.3 is 12.1 Å². The normalized spacial score (nSPS) is 24.0. The standard InChI is InChI=1S/C16H15F3N2O4/c17-16(18,19)12-8-20(7-11(12)15(24)25)5-6-21-13(22)9-3-1-2-4-10(9)14(21)23/h1-4,11-12H,5-8H2,(H,24,25)/t11-,12-/m1/s1. The molecule has 3 rings (SSSR count). The van der Waals surface area contributed by atoms with Gasteiger partial charge < -0.3 is 10.0 Å². The molecular weight excluding hydrogens is 341 g/mol. The maximum Gasteiger partial charge on any atom is 0.393 e. The Morgan fingerprint density at radius 2 is 1.64 bits per heavy atom. The summed E-state index contributed by atoms with van der Waals surface area (Å²) in [6, 6.07) is 6.29. The Labute approximate surface area is 140 Å². The SMILES string of the molecule is O=C(O)[C@@H]1CN(CCN2C(=O)c3ccccc3C2=O)C[C@H]1C(F)(F)F. The third-order valence-electron chi connectivity index (χ3n) is 4.65. The second kappa shape index (κ2) is 6.14. The summed E-state index contributed by atoms with van der Waals surface area (Å²) in [5.41, 5.74) is 0.538. The van der Waals surface area contributed by atoms with Crippen molar-refractivity contribution < 1.29 is 32.7 Å². The molecular formula is C16H15F3N2O4. The lowest BCUT2D eigenvalue weighted by Crippen LogP contribution is -2.38. The number of hydrogen-bond acceptors (Lipinski definition) is 4. The van der Waals surface area contributed by atoms with E-state index in [0.29, 0.717) is 0 Å². The van der Waals surface area contributed by atoms with Gasteiger partial charge in [0.05, 0.1) is 23.0 Å². The Morgan fingerprint density at radius 1 is 1.08 bits per heavy atom. The number of aliphatic carboxylic acids is 1. The first-order chi connectivity index (χ1) is 11.7. The minimum Gasteiger partial charge on any atom is -0.481 e. The van der Waals surface area contributed by atoms with Gasteiger partial charge in [0.2, 0.25) is 0 Å². The molecule has 1 aromatic rings. The number of carboxylic acid groups (broad SMARTS) is 1. The van der Waals surface area contributed by atoms with Crippen molar-refractivity contribution in [2.24, 2.45) is 11.8 Å². The van der Waals surface area contributed by atoms with Gasteiger partial charge in [-0.2, -0.15) is 13.2 Å². The van der Waals surface area contributed by atoms with Gasteiger partial charge in [-0.15, -0.1) is 0 Å². The number of halogens is 3. The van der Waals surface area contributed by atoms with Gasteiger partial charge in [-0.3, -0.25) is 19.3 Å². The molecule has 0 radical (unpaired) electrons. The molecule has 134 valence electrons. The number of benzene rings is 1. The van der Waals surface area contributed by atoms with Gasteiger partial charge in [-0.1, -0.05) is 12.1 Å². The molecule has 2 amide bonds. The molecule has 0 spiro atoms. The van der Waals surface area contributed by atoms with E-state index >= 15 is 0 Å². The van der Waals surface area contributed by atoms with Crippen molar-refractivity contribution >= 4 is 17.8 Å². The highest BCUT2D eigenvalue weighted by molar-refractivity contribution is 6.21. The van der Waals surface area contributed by atoms with E-state index < -0.39 is 42.3 Å². The summed E-state index contributed by atoms with van der Waals surface area (Å²) in [4.78, 5) is 37.8. The van der Waals surface area contributed by atoms with Crippen LogP contribution in [0.1, 0.15) is 20.7 Å². The van der Waals surface area contributed by atoms with E-state index in [2.05, 4.69) is 0 Å². The fourth-order valence-corrected chi connectivity index (χ4v) is 3.33. The van der Waals surface area contributed by atoms with Crippen LogP contribution < -0.4 is 0 Å². The number of carbonyl (C=O) groups excluding carboxylic acids is 2. The van der Waals surface area contributed by atoms with E-state index in [1.165, 1.54) is 17.0 Å². The van der Waals surface area contributed by atoms with Crippen LogP contribution >= 0.6 is 0 Å². The van der Waals surface area contributed by atoms with Crippen molar-refractivity contribution in [2.45, 2.75) is 6.18 Å². The molecule has 1 fully saturated rings. The Kier molecular flexibility index (Phi) is 4.28. The highest BCUT2D eigenvalue weighted by Gasteiger charge is 2.52. The maximum absolute atomic E-state index is 13.0. The van der Waals surface area contributed by atoms with Crippen molar-refractivity contribution in [1.82, 2.24) is 9.80 Å². The number of carboxylic acids is 1. The molecule has 2 aliphatic rings. The summed E-state index contributed by atoms with van der Waals surface area (Å²) < 4.78 is 38.9. The predicted molar refractivity (Wildman–Crippen MR) is 78.9 cm³/mol. The second-order valence-electron chi connectivity index (χ2n) is 6.16. The van der Waals surface area contributed by atoms with Crippen LogP contribution in [0.4, 0.5) is 13.2 Å². The smallest absolute Gasteiger partial charge is 0.393 e. The van der Waals surface area contributed by atoms with E-state index in [-0.39, 0.29) is 30.8 Å². The van der Waals surface area contributed by atoms with E-state index in [1.807, 2.05) is 0 Å². The number of likely N-dealkylation sites (tertiary alicyclic amines) is 1. The molecule has 9 heteroatoms. The lowest BCUT2D eigenvalue weighted by Gasteiger charge is -2.20. The molecule has 1 saturated heterocycles. The molecule has 0 unspecified atom stereocenters. The molecule has 0 saturated carbocycles. The van der Waals surface area contributed by atoms with Crippen molar-refractivity contribution in [3.05, 3.63) is 35.4 Å². The summed E-state index contributed by atoms with van der Waals surface area (Å²) in [6.45, 7) is -0.794. The summed E-state index contributed by atoms with van der Waals surface area (Å²) in [6.07, 6.45) is -4.60. The van der Waals surface area contributed by atoms with Gasteiger partial charge in [-0.05, 0) is 12.1 Å². The molecule has 6 nitrogen and oxygen atoms in total. The molecule has 2 aliphatic heterocycles. The fourth-order valence-electron chi connectivity index (χ4n) is 3.33. The first-order valence-electron chi connectivity index (χ1n) is 7.67. The third-order valence-corrected chi connectivity index (χ3v) is 4.65. The van der Waals surface area contributed by atoms with Crippen molar-refractivity contribution in [3.8, 4) is 0 Å². The highest BCUT2D eigenvalue weighted by Crippen LogP contribution is 2.37. The van der Waals surface area contributed by atoms with Gasteiger partial charge in [-0.25, -0.2) is 0 Å². The molecule has 2 heterocycles. The zero-order valence-electron chi connectivity index (χ0n) is 13.0. The average Bonchev–Trinajstić information content (AvgIpc) is 3.08. The number of hydrogen-bond donors (Lipinski definition) is 1. The zero-order chi connectivity index (χ0) is 18.4. The van der Waals surface area contributed by atoms with E-state index in [9.17, 15) is 27.6 Å². The average molecular weight is 356 g/mol. The van der Waals surface area contributed by atoms with Gasteiger partial charge in [0.15, 0.2) is 0 Å². The van der Waals surface area contributed by atoms with Crippen LogP contribution in [0.2, 0.25) is 0 Å². The molecule has 1 N–H and O–H groups in total. The fraction of sp³-hybridized carbons (Fsp3) is 0.438. The summed E-state index contributed by atoms with van der Waals surface area (Å²) in [5, 5.41) is 9.00. The number of rotatable bonds is 4. The van der Waals surface area contributed by atoms with E-state index in [1.54, 1.807) is 12.1 Å². The van der Waals surface area contributed by atoms with Gasteiger partial charge in [0.1, 0.15) is 0 Å². The van der Waals surface area contributed by atoms with Gasteiger partial charge in [0, 0.05) is 26.2 Å². The van der Waals surface area contributed by atoms with Crippen LogP contribution in [0.25, 0.3) is 0 Å². The van der Waals surface area contributed by atoms with Crippen LogP contribution in [0, 0.1) is 11.8 Å². The van der Waals surface area contributed by atoms with E-state index in [0.717, 1.165) is 4.90 Å². The minimum atomic E-state index is -4.60. The molecule has 0 aromatic heterocycles. The number of alkyl halides is 3. The van der Waals surface area contributed by atoms with Crippen LogP contribution in [0.15, 0.2) is 24.3 Å². The summed E-state index contributed by atoms with van der Waals surface area (Å²) in [5.74, 6) is -5.95. The number of amides is 2. The van der Waals surface area contributed by atoms with Crippen LogP contribution in [0.5, 0.6) is 0 Å². The highest BCUT2D eigenvalue weighted by atomic mass is 19.4. The molecule has 0 aliphatic carbocycles. The minimum absolute atomic E-state index is 0.00181. The van der Waals surface area contributed by atoms with Crippen molar-refractivity contribution in [3.63, 3.8) is 0 Å². The Morgan fingerprint density at radius 3 is 2.08 bits per heavy atom. The Hall–Kier alpha value is -2.42. The van der Waals surface area contributed by atoms with Crippen molar-refractivity contribution in [1.29, 1.82) is 0 Å². The Bertz CT molecular complexity index is 699. The summed E-state index contributed by atoms with van der Waals surface area (Å²) in [7, 11) is 0. The number of carbonyl (C=O) groups is 3. The van der Waals surface area contributed by atoms with Crippen LogP contribution in [-0.4, -0.2) is 65.0 Å². The summed E-state index contributed by atoms with van der Waals surface area (Å²) >= 11 is 0. The number of fused-ring (bicyclic) bond motifs is 1.